The number of hydrogen-bond donors (Lipinski definition) is 0. The van der Waals surface area contributed by atoms with E-state index in [4.69, 9.17) is 0 Å². The third kappa shape index (κ3) is 2.47. The van der Waals surface area contributed by atoms with Gasteiger partial charge in [0, 0.05) is 0 Å². The molecule has 78 valence electrons. The first-order chi connectivity index (χ1) is 7.10. The van der Waals surface area contributed by atoms with E-state index in [9.17, 15) is 0 Å². The molecule has 1 aromatic rings. The topological polar surface area (TPSA) is 0 Å². The predicted molar refractivity (Wildman–Crippen MR) is 69.7 cm³/mol. The smallest absolute Gasteiger partial charge is 0.0152 e. The van der Waals surface area contributed by atoms with Crippen LogP contribution in [0.25, 0.3) is 11.1 Å². The summed E-state index contributed by atoms with van der Waals surface area (Å²) in [6.45, 7) is 14.0. The fourth-order valence-electron chi connectivity index (χ4n) is 1.58. The first-order valence-corrected chi connectivity index (χ1v) is 5.15. The Balaban J connectivity index is 3.33. The maximum Gasteiger partial charge on any atom is -0.0152 e. The monoisotopic (exact) mass is 198 g/mol. The summed E-state index contributed by atoms with van der Waals surface area (Å²) < 4.78 is 0. The van der Waals surface area contributed by atoms with E-state index in [0.29, 0.717) is 0 Å². The molecule has 0 radical (unpaired) electrons. The zero-order valence-electron chi connectivity index (χ0n) is 9.80. The predicted octanol–water partition coefficient (Wildman–Crippen LogP) is 4.62. The van der Waals surface area contributed by atoms with Gasteiger partial charge in [-0.1, -0.05) is 43.0 Å². The van der Waals surface area contributed by atoms with Gasteiger partial charge in [0.1, 0.15) is 0 Å². The van der Waals surface area contributed by atoms with Gasteiger partial charge >= 0.3 is 0 Å². The van der Waals surface area contributed by atoms with Crippen molar-refractivity contribution in [2.45, 2.75) is 20.8 Å². The van der Waals surface area contributed by atoms with Gasteiger partial charge in [0.25, 0.3) is 0 Å². The minimum absolute atomic E-state index is 1.09. The number of hydrogen-bond acceptors (Lipinski definition) is 0. The maximum atomic E-state index is 3.96. The van der Waals surface area contributed by atoms with Crippen LogP contribution in [0, 0.1) is 6.92 Å². The fourth-order valence-corrected chi connectivity index (χ4v) is 1.58. The highest BCUT2D eigenvalue weighted by molar-refractivity contribution is 5.78. The van der Waals surface area contributed by atoms with Crippen molar-refractivity contribution in [2.75, 3.05) is 0 Å². The minimum atomic E-state index is 1.09. The molecule has 0 spiro atoms. The van der Waals surface area contributed by atoms with Crippen molar-refractivity contribution in [3.8, 4) is 0 Å². The molecule has 0 aliphatic heterocycles. The molecule has 15 heavy (non-hydrogen) atoms. The van der Waals surface area contributed by atoms with Crippen molar-refractivity contribution < 1.29 is 0 Å². The quantitative estimate of drug-likeness (QED) is 0.622. The average molecular weight is 198 g/mol. The van der Waals surface area contributed by atoms with Crippen molar-refractivity contribution in [1.29, 1.82) is 0 Å². The van der Waals surface area contributed by atoms with E-state index in [1.165, 1.54) is 22.3 Å². The molecule has 0 bridgehead atoms. The van der Waals surface area contributed by atoms with Gasteiger partial charge in [-0.25, -0.2) is 0 Å². The highest BCUT2D eigenvalue weighted by atomic mass is 14.1. The Morgan fingerprint density at radius 2 is 2.00 bits per heavy atom. The molecule has 0 saturated heterocycles. The number of aryl methyl sites for hydroxylation is 1. The first-order valence-electron chi connectivity index (χ1n) is 5.15. The van der Waals surface area contributed by atoms with E-state index in [-0.39, 0.29) is 0 Å². The van der Waals surface area contributed by atoms with E-state index in [2.05, 4.69) is 44.4 Å². The second-order valence-electron chi connectivity index (χ2n) is 3.76. The molecule has 0 aromatic heterocycles. The van der Waals surface area contributed by atoms with E-state index >= 15 is 0 Å². The van der Waals surface area contributed by atoms with Crippen LogP contribution in [0.5, 0.6) is 0 Å². The van der Waals surface area contributed by atoms with Crippen molar-refractivity contribution >= 4 is 11.1 Å². The van der Waals surface area contributed by atoms with E-state index < -0.39 is 0 Å². The summed E-state index contributed by atoms with van der Waals surface area (Å²) in [5.41, 5.74) is 5.98. The Bertz CT molecular complexity index is 420. The van der Waals surface area contributed by atoms with Crippen molar-refractivity contribution in [2.24, 2.45) is 0 Å². The maximum absolute atomic E-state index is 3.96. The van der Waals surface area contributed by atoms with Crippen LogP contribution in [0.3, 0.4) is 0 Å². The number of benzene rings is 1. The summed E-state index contributed by atoms with van der Waals surface area (Å²) in [5, 5.41) is 0. The first kappa shape index (κ1) is 11.5. The molecule has 0 atom stereocenters. The van der Waals surface area contributed by atoms with Gasteiger partial charge in [-0.05, 0) is 49.1 Å². The Morgan fingerprint density at radius 1 is 1.33 bits per heavy atom. The lowest BCUT2D eigenvalue weighted by molar-refractivity contribution is 1.40. The molecule has 0 heterocycles. The van der Waals surface area contributed by atoms with Crippen LogP contribution in [0.4, 0.5) is 0 Å². The molecule has 0 N–H and O–H groups in total. The van der Waals surface area contributed by atoms with Gasteiger partial charge in [0.2, 0.25) is 0 Å². The van der Waals surface area contributed by atoms with Gasteiger partial charge < -0.3 is 0 Å². The average Bonchev–Trinajstić information content (AvgIpc) is 2.22. The molecule has 0 amide bonds. The summed E-state index contributed by atoms with van der Waals surface area (Å²) in [6.07, 6.45) is 3.97. The van der Waals surface area contributed by atoms with Gasteiger partial charge in [-0.2, -0.15) is 0 Å². The zero-order valence-corrected chi connectivity index (χ0v) is 9.80. The van der Waals surface area contributed by atoms with Crippen LogP contribution in [0.1, 0.15) is 30.5 Å². The molecular formula is C15H18. The van der Waals surface area contributed by atoms with E-state index in [0.717, 1.165) is 5.57 Å². The highest BCUT2D eigenvalue weighted by Crippen LogP contribution is 2.23. The Labute approximate surface area is 92.6 Å². The summed E-state index contributed by atoms with van der Waals surface area (Å²) in [6, 6.07) is 6.42. The normalized spacial score (nSPS) is 11.3. The van der Waals surface area contributed by atoms with Crippen molar-refractivity contribution in [3.05, 3.63) is 60.2 Å². The van der Waals surface area contributed by atoms with Crippen molar-refractivity contribution in [3.63, 3.8) is 0 Å². The second-order valence-corrected chi connectivity index (χ2v) is 3.76. The molecular weight excluding hydrogens is 180 g/mol. The molecule has 0 nitrogen and oxygen atoms in total. The third-order valence-electron chi connectivity index (χ3n) is 2.57. The number of rotatable bonds is 3. The molecule has 1 rings (SSSR count). The summed E-state index contributed by atoms with van der Waals surface area (Å²) >= 11 is 0. The molecule has 0 aliphatic rings. The molecule has 0 aliphatic carbocycles. The SMILES string of the molecule is C=C/C(=C\C)c1cc(C(=C)C)ccc1C. The van der Waals surface area contributed by atoms with Crippen LogP contribution in [-0.2, 0) is 0 Å². The molecule has 0 fully saturated rings. The van der Waals surface area contributed by atoms with Crippen LogP contribution >= 0.6 is 0 Å². The second kappa shape index (κ2) is 4.79. The van der Waals surface area contributed by atoms with Crippen LogP contribution in [0.15, 0.2) is 43.5 Å². The Hall–Kier alpha value is -1.56. The minimum Gasteiger partial charge on any atom is -0.0985 e. The zero-order chi connectivity index (χ0) is 11.4. The van der Waals surface area contributed by atoms with Crippen LogP contribution in [-0.4, -0.2) is 0 Å². The highest BCUT2D eigenvalue weighted by Gasteiger charge is 2.03. The standard InChI is InChI=1S/C15H18/c1-6-13(7-2)15-10-14(11(3)4)9-8-12(15)5/h6-10H,1,3H2,2,4-5H3/b13-7+. The van der Waals surface area contributed by atoms with Crippen LogP contribution in [0.2, 0.25) is 0 Å². The van der Waals surface area contributed by atoms with Gasteiger partial charge in [-0.3, -0.25) is 0 Å². The summed E-state index contributed by atoms with van der Waals surface area (Å²) in [5.74, 6) is 0. The van der Waals surface area contributed by atoms with E-state index in [1.807, 2.05) is 19.9 Å². The molecule has 0 heteroatoms. The van der Waals surface area contributed by atoms with Gasteiger partial charge in [-0.15, -0.1) is 0 Å². The van der Waals surface area contributed by atoms with Crippen LogP contribution < -0.4 is 0 Å². The molecule has 1 aromatic carbocycles. The van der Waals surface area contributed by atoms with Crippen molar-refractivity contribution in [1.82, 2.24) is 0 Å². The fraction of sp³-hybridized carbons (Fsp3) is 0.200. The molecule has 0 unspecified atom stereocenters. The third-order valence-corrected chi connectivity index (χ3v) is 2.57. The van der Waals surface area contributed by atoms with E-state index in [1.54, 1.807) is 0 Å². The Morgan fingerprint density at radius 3 is 2.47 bits per heavy atom. The van der Waals surface area contributed by atoms with Gasteiger partial charge in [0.15, 0.2) is 0 Å². The largest absolute Gasteiger partial charge is 0.0985 e. The lowest BCUT2D eigenvalue weighted by Gasteiger charge is -2.09. The summed E-state index contributed by atoms with van der Waals surface area (Å²) in [4.78, 5) is 0. The Kier molecular flexibility index (Phi) is 3.68. The summed E-state index contributed by atoms with van der Waals surface area (Å²) in [7, 11) is 0. The lowest BCUT2D eigenvalue weighted by atomic mass is 9.96. The lowest BCUT2D eigenvalue weighted by Crippen LogP contribution is -1.89. The molecule has 0 saturated carbocycles. The van der Waals surface area contributed by atoms with Gasteiger partial charge in [0.05, 0.1) is 0 Å². The number of allylic oxidation sites excluding steroid dienone is 4.